The van der Waals surface area contributed by atoms with Crippen LogP contribution in [0, 0.1) is 6.92 Å². The highest BCUT2D eigenvalue weighted by Gasteiger charge is 2.09. The number of amides is 1. The third-order valence-corrected chi connectivity index (χ3v) is 3.08. The standard InChI is InChI=1S/C17H21NO3/c1-3-4-10-20-15-7-5-6-14(11-15)12-18-17(19)16-9-8-13(2)21-16/h5-9,11H,3-4,10,12H2,1-2H3,(H,18,19). The first-order chi connectivity index (χ1) is 10.2. The molecule has 2 aromatic rings. The monoisotopic (exact) mass is 287 g/mol. The van der Waals surface area contributed by atoms with Crippen LogP contribution in [0.2, 0.25) is 0 Å². The van der Waals surface area contributed by atoms with Gasteiger partial charge in [0.15, 0.2) is 5.76 Å². The summed E-state index contributed by atoms with van der Waals surface area (Å²) in [5.41, 5.74) is 1.00. The summed E-state index contributed by atoms with van der Waals surface area (Å²) >= 11 is 0. The van der Waals surface area contributed by atoms with Gasteiger partial charge < -0.3 is 14.5 Å². The largest absolute Gasteiger partial charge is 0.494 e. The Bertz CT molecular complexity index is 589. The number of benzene rings is 1. The minimum Gasteiger partial charge on any atom is -0.494 e. The second kappa shape index (κ2) is 7.53. The fourth-order valence-corrected chi connectivity index (χ4v) is 1.91. The maximum Gasteiger partial charge on any atom is 0.287 e. The second-order valence-electron chi connectivity index (χ2n) is 4.94. The molecule has 0 spiro atoms. The number of furan rings is 1. The highest BCUT2D eigenvalue weighted by molar-refractivity contribution is 5.91. The molecular weight excluding hydrogens is 266 g/mol. The third-order valence-electron chi connectivity index (χ3n) is 3.08. The first kappa shape index (κ1) is 15.2. The van der Waals surface area contributed by atoms with E-state index in [1.807, 2.05) is 31.2 Å². The van der Waals surface area contributed by atoms with Crippen molar-refractivity contribution in [2.75, 3.05) is 6.61 Å². The van der Waals surface area contributed by atoms with Crippen molar-refractivity contribution in [3.8, 4) is 5.75 Å². The van der Waals surface area contributed by atoms with Crippen molar-refractivity contribution >= 4 is 5.91 Å². The van der Waals surface area contributed by atoms with Crippen molar-refractivity contribution in [3.63, 3.8) is 0 Å². The number of carbonyl (C=O) groups is 1. The summed E-state index contributed by atoms with van der Waals surface area (Å²) in [7, 11) is 0. The molecule has 1 aromatic heterocycles. The summed E-state index contributed by atoms with van der Waals surface area (Å²) in [4.78, 5) is 11.9. The molecule has 112 valence electrons. The van der Waals surface area contributed by atoms with Gasteiger partial charge in [0.2, 0.25) is 0 Å². The summed E-state index contributed by atoms with van der Waals surface area (Å²) in [5.74, 6) is 1.69. The van der Waals surface area contributed by atoms with Gasteiger partial charge in [-0.3, -0.25) is 4.79 Å². The van der Waals surface area contributed by atoms with Crippen LogP contribution in [0.3, 0.4) is 0 Å². The Morgan fingerprint density at radius 1 is 1.29 bits per heavy atom. The molecule has 1 aromatic carbocycles. The van der Waals surface area contributed by atoms with E-state index in [9.17, 15) is 4.79 Å². The van der Waals surface area contributed by atoms with Gasteiger partial charge in [-0.1, -0.05) is 25.5 Å². The van der Waals surface area contributed by atoms with Gasteiger partial charge in [-0.15, -0.1) is 0 Å². The Morgan fingerprint density at radius 2 is 2.14 bits per heavy atom. The van der Waals surface area contributed by atoms with E-state index in [-0.39, 0.29) is 5.91 Å². The van der Waals surface area contributed by atoms with E-state index in [0.717, 1.165) is 36.5 Å². The van der Waals surface area contributed by atoms with Gasteiger partial charge in [0.1, 0.15) is 11.5 Å². The number of carbonyl (C=O) groups excluding carboxylic acids is 1. The summed E-state index contributed by atoms with van der Waals surface area (Å²) in [6, 6.07) is 11.2. The number of unbranched alkanes of at least 4 members (excludes halogenated alkanes) is 1. The Balaban J connectivity index is 1.88. The quantitative estimate of drug-likeness (QED) is 0.790. The number of nitrogens with one attached hydrogen (secondary N) is 1. The Hall–Kier alpha value is -2.23. The molecule has 0 saturated heterocycles. The molecule has 0 radical (unpaired) electrons. The molecule has 1 N–H and O–H groups in total. The molecular formula is C17H21NO3. The molecule has 0 atom stereocenters. The molecule has 0 saturated carbocycles. The Labute approximate surface area is 125 Å². The van der Waals surface area contributed by atoms with Gasteiger partial charge >= 0.3 is 0 Å². The zero-order valence-corrected chi connectivity index (χ0v) is 12.5. The predicted octanol–water partition coefficient (Wildman–Crippen LogP) is 3.70. The van der Waals surface area contributed by atoms with E-state index in [1.54, 1.807) is 12.1 Å². The van der Waals surface area contributed by atoms with E-state index in [1.165, 1.54) is 0 Å². The Kier molecular flexibility index (Phi) is 5.43. The van der Waals surface area contributed by atoms with Crippen LogP contribution in [-0.4, -0.2) is 12.5 Å². The third kappa shape index (κ3) is 4.67. The van der Waals surface area contributed by atoms with E-state index >= 15 is 0 Å². The molecule has 0 unspecified atom stereocenters. The van der Waals surface area contributed by atoms with Crippen molar-refractivity contribution in [1.82, 2.24) is 5.32 Å². The lowest BCUT2D eigenvalue weighted by atomic mass is 10.2. The molecule has 1 amide bonds. The lowest BCUT2D eigenvalue weighted by Gasteiger charge is -2.08. The average Bonchev–Trinajstić information content (AvgIpc) is 2.92. The number of aryl methyl sites for hydroxylation is 1. The fourth-order valence-electron chi connectivity index (χ4n) is 1.91. The van der Waals surface area contributed by atoms with E-state index < -0.39 is 0 Å². The van der Waals surface area contributed by atoms with Gasteiger partial charge in [0.25, 0.3) is 5.91 Å². The summed E-state index contributed by atoms with van der Waals surface area (Å²) in [5, 5.41) is 2.83. The van der Waals surface area contributed by atoms with E-state index in [0.29, 0.717) is 12.3 Å². The number of ether oxygens (including phenoxy) is 1. The molecule has 2 rings (SSSR count). The predicted molar refractivity (Wildman–Crippen MR) is 81.5 cm³/mol. The van der Waals surface area contributed by atoms with Crippen LogP contribution in [0.5, 0.6) is 5.75 Å². The van der Waals surface area contributed by atoms with Gasteiger partial charge in [-0.25, -0.2) is 0 Å². The molecule has 21 heavy (non-hydrogen) atoms. The Morgan fingerprint density at radius 3 is 2.86 bits per heavy atom. The topological polar surface area (TPSA) is 51.5 Å². The normalized spacial score (nSPS) is 10.4. The number of rotatable bonds is 7. The SMILES string of the molecule is CCCCOc1cccc(CNC(=O)c2ccc(C)o2)c1. The smallest absolute Gasteiger partial charge is 0.287 e. The van der Waals surface area contributed by atoms with Crippen LogP contribution < -0.4 is 10.1 Å². The summed E-state index contributed by atoms with van der Waals surface area (Å²) in [6.07, 6.45) is 2.15. The van der Waals surface area contributed by atoms with Crippen LogP contribution in [-0.2, 0) is 6.54 Å². The molecule has 4 heteroatoms. The lowest BCUT2D eigenvalue weighted by molar-refractivity contribution is 0.0922. The summed E-state index contributed by atoms with van der Waals surface area (Å²) < 4.78 is 10.9. The van der Waals surface area contributed by atoms with Crippen LogP contribution in [0.15, 0.2) is 40.8 Å². The zero-order valence-electron chi connectivity index (χ0n) is 12.5. The first-order valence-corrected chi connectivity index (χ1v) is 7.25. The van der Waals surface area contributed by atoms with Crippen LogP contribution in [0.25, 0.3) is 0 Å². The highest BCUT2D eigenvalue weighted by atomic mass is 16.5. The summed E-state index contributed by atoms with van der Waals surface area (Å²) in [6.45, 7) is 5.11. The molecule has 4 nitrogen and oxygen atoms in total. The van der Waals surface area contributed by atoms with Crippen molar-refractivity contribution in [2.45, 2.75) is 33.2 Å². The zero-order chi connectivity index (χ0) is 15.1. The van der Waals surface area contributed by atoms with Crippen molar-refractivity contribution < 1.29 is 13.9 Å². The van der Waals surface area contributed by atoms with Crippen LogP contribution in [0.1, 0.15) is 41.6 Å². The molecule has 0 aliphatic heterocycles. The highest BCUT2D eigenvalue weighted by Crippen LogP contribution is 2.14. The maximum atomic E-state index is 11.9. The number of hydrogen-bond donors (Lipinski definition) is 1. The van der Waals surface area contributed by atoms with Crippen molar-refractivity contribution in [3.05, 3.63) is 53.5 Å². The maximum absolute atomic E-state index is 11.9. The van der Waals surface area contributed by atoms with Gasteiger partial charge in [0.05, 0.1) is 6.61 Å². The van der Waals surface area contributed by atoms with Crippen molar-refractivity contribution in [2.24, 2.45) is 0 Å². The van der Waals surface area contributed by atoms with Gasteiger partial charge in [-0.2, -0.15) is 0 Å². The van der Waals surface area contributed by atoms with E-state index in [2.05, 4.69) is 12.2 Å². The van der Waals surface area contributed by atoms with Gasteiger partial charge in [0, 0.05) is 6.54 Å². The average molecular weight is 287 g/mol. The number of hydrogen-bond acceptors (Lipinski definition) is 3. The second-order valence-corrected chi connectivity index (χ2v) is 4.94. The van der Waals surface area contributed by atoms with Crippen LogP contribution in [0.4, 0.5) is 0 Å². The first-order valence-electron chi connectivity index (χ1n) is 7.25. The van der Waals surface area contributed by atoms with E-state index in [4.69, 9.17) is 9.15 Å². The van der Waals surface area contributed by atoms with Crippen LogP contribution >= 0.6 is 0 Å². The molecule has 0 bridgehead atoms. The lowest BCUT2D eigenvalue weighted by Crippen LogP contribution is -2.22. The van der Waals surface area contributed by atoms with Gasteiger partial charge in [-0.05, 0) is 43.2 Å². The molecule has 0 fully saturated rings. The fraction of sp³-hybridized carbons (Fsp3) is 0.353. The minimum atomic E-state index is -0.208. The molecule has 0 aliphatic carbocycles. The van der Waals surface area contributed by atoms with Crippen molar-refractivity contribution in [1.29, 1.82) is 0 Å². The molecule has 0 aliphatic rings. The minimum absolute atomic E-state index is 0.208. The molecule has 1 heterocycles.